The summed E-state index contributed by atoms with van der Waals surface area (Å²) in [6.45, 7) is 5.47. The highest BCUT2D eigenvalue weighted by molar-refractivity contribution is 6.33. The minimum atomic E-state index is -1.23. The van der Waals surface area contributed by atoms with Gasteiger partial charge in [0.2, 0.25) is 0 Å². The lowest BCUT2D eigenvalue weighted by molar-refractivity contribution is -0.123. The molecule has 0 aliphatic heterocycles. The van der Waals surface area contributed by atoms with E-state index in [1.165, 1.54) is 6.92 Å². The zero-order chi connectivity index (χ0) is 19.4. The molecule has 0 aliphatic carbocycles. The van der Waals surface area contributed by atoms with Crippen LogP contribution in [0.5, 0.6) is 0 Å². The summed E-state index contributed by atoms with van der Waals surface area (Å²) in [4.78, 5) is 24.2. The van der Waals surface area contributed by atoms with Crippen molar-refractivity contribution in [2.24, 2.45) is 0 Å². The Kier molecular flexibility index (Phi) is 6.32. The number of hydrogen-bond donors (Lipinski definition) is 1. The lowest BCUT2D eigenvalue weighted by Crippen LogP contribution is -2.30. The topological polar surface area (TPSA) is 55.4 Å². The minimum Gasteiger partial charge on any atom is -0.449 e. The van der Waals surface area contributed by atoms with Crippen LogP contribution in [-0.4, -0.2) is 18.0 Å². The van der Waals surface area contributed by atoms with Gasteiger partial charge in [-0.05, 0) is 42.7 Å². The minimum absolute atomic E-state index is 0.300. The third-order valence-electron chi connectivity index (χ3n) is 3.73. The van der Waals surface area contributed by atoms with Gasteiger partial charge in [0.25, 0.3) is 5.91 Å². The molecule has 0 saturated heterocycles. The predicted molar refractivity (Wildman–Crippen MR) is 95.4 cm³/mol. The first-order chi connectivity index (χ1) is 12.2. The molecule has 0 aromatic heterocycles. The summed E-state index contributed by atoms with van der Waals surface area (Å²) < 4.78 is 31.3. The van der Waals surface area contributed by atoms with Crippen molar-refractivity contribution >= 4 is 29.2 Å². The molecular weight excluding hydrogens is 364 g/mol. The maximum atomic E-state index is 13.3. The third kappa shape index (κ3) is 4.79. The Labute approximate surface area is 155 Å². The summed E-state index contributed by atoms with van der Waals surface area (Å²) in [5.74, 6) is -3.63. The number of nitrogens with one attached hydrogen (secondary N) is 1. The fourth-order valence-electron chi connectivity index (χ4n) is 2.15. The Balaban J connectivity index is 2.02. The van der Waals surface area contributed by atoms with E-state index in [9.17, 15) is 18.4 Å². The molecule has 0 unspecified atom stereocenters. The van der Waals surface area contributed by atoms with Crippen molar-refractivity contribution in [3.8, 4) is 0 Å². The monoisotopic (exact) mass is 381 g/mol. The molecule has 0 radical (unpaired) electrons. The maximum Gasteiger partial charge on any atom is 0.340 e. The van der Waals surface area contributed by atoms with Crippen LogP contribution in [0.15, 0.2) is 36.4 Å². The Morgan fingerprint density at radius 1 is 1.04 bits per heavy atom. The van der Waals surface area contributed by atoms with Crippen LogP contribution in [0.4, 0.5) is 14.5 Å². The predicted octanol–water partition coefficient (Wildman–Crippen LogP) is 4.93. The Bertz CT molecular complexity index is 822. The number of hydrogen-bond acceptors (Lipinski definition) is 3. The van der Waals surface area contributed by atoms with Gasteiger partial charge in [0.1, 0.15) is 0 Å². The van der Waals surface area contributed by atoms with Crippen LogP contribution >= 0.6 is 11.6 Å². The van der Waals surface area contributed by atoms with Crippen molar-refractivity contribution in [2.75, 3.05) is 5.32 Å². The molecule has 2 rings (SSSR count). The molecule has 4 nitrogen and oxygen atoms in total. The van der Waals surface area contributed by atoms with Gasteiger partial charge >= 0.3 is 5.97 Å². The largest absolute Gasteiger partial charge is 0.449 e. The Morgan fingerprint density at radius 2 is 1.62 bits per heavy atom. The number of ether oxygens (including phenoxy) is 1. The molecular formula is C19H18ClF2NO3. The lowest BCUT2D eigenvalue weighted by Gasteiger charge is -2.15. The molecule has 1 atom stereocenters. The number of anilines is 1. The van der Waals surface area contributed by atoms with Crippen LogP contribution in [0.2, 0.25) is 5.02 Å². The second-order valence-electron chi connectivity index (χ2n) is 6.06. The molecule has 0 heterocycles. The number of rotatable bonds is 5. The van der Waals surface area contributed by atoms with Crippen LogP contribution in [0, 0.1) is 11.6 Å². The van der Waals surface area contributed by atoms with Crippen LogP contribution in [0.25, 0.3) is 0 Å². The van der Waals surface area contributed by atoms with Crippen LogP contribution < -0.4 is 5.32 Å². The number of benzene rings is 2. The van der Waals surface area contributed by atoms with E-state index in [2.05, 4.69) is 19.2 Å². The molecule has 0 fully saturated rings. The summed E-state index contributed by atoms with van der Waals surface area (Å²) in [6.07, 6.45) is -1.16. The molecule has 0 aliphatic rings. The van der Waals surface area contributed by atoms with Crippen molar-refractivity contribution < 1.29 is 23.1 Å². The van der Waals surface area contributed by atoms with E-state index in [-0.39, 0.29) is 10.6 Å². The highest BCUT2D eigenvalue weighted by atomic mass is 35.5. The van der Waals surface area contributed by atoms with Crippen molar-refractivity contribution in [1.29, 1.82) is 0 Å². The van der Waals surface area contributed by atoms with Gasteiger partial charge in [-0.25, -0.2) is 13.6 Å². The Hall–Kier alpha value is -2.47. The quantitative estimate of drug-likeness (QED) is 0.590. The average Bonchev–Trinajstić information content (AvgIpc) is 2.58. The fraction of sp³-hybridized carbons (Fsp3) is 0.263. The molecule has 2 aromatic rings. The van der Waals surface area contributed by atoms with Crippen LogP contribution in [-0.2, 0) is 9.53 Å². The van der Waals surface area contributed by atoms with Crippen molar-refractivity contribution in [3.63, 3.8) is 0 Å². The van der Waals surface area contributed by atoms with Gasteiger partial charge < -0.3 is 10.1 Å². The normalized spacial score (nSPS) is 12.0. The second-order valence-corrected chi connectivity index (χ2v) is 6.47. The number of carbonyl (C=O) groups is 2. The van der Waals surface area contributed by atoms with E-state index in [0.717, 1.165) is 5.56 Å². The average molecular weight is 382 g/mol. The van der Waals surface area contributed by atoms with Gasteiger partial charge in [-0.15, -0.1) is 0 Å². The molecule has 0 bridgehead atoms. The van der Waals surface area contributed by atoms with E-state index in [1.54, 1.807) is 12.1 Å². The van der Waals surface area contributed by atoms with E-state index in [4.69, 9.17) is 16.3 Å². The van der Waals surface area contributed by atoms with E-state index in [0.29, 0.717) is 23.7 Å². The second kappa shape index (κ2) is 8.27. The van der Waals surface area contributed by atoms with E-state index in [1.807, 2.05) is 12.1 Å². The lowest BCUT2D eigenvalue weighted by atomic mass is 10.0. The smallest absolute Gasteiger partial charge is 0.340 e. The molecule has 2 aromatic carbocycles. The van der Waals surface area contributed by atoms with Gasteiger partial charge in [0, 0.05) is 5.69 Å². The zero-order valence-corrected chi connectivity index (χ0v) is 15.2. The first-order valence-corrected chi connectivity index (χ1v) is 8.33. The SMILES string of the molecule is CC(C)c1ccc(NC(=O)[C@@H](C)OC(=O)c2cc(F)c(F)cc2Cl)cc1. The molecule has 138 valence electrons. The number of esters is 1. The van der Waals surface area contributed by atoms with E-state index < -0.39 is 29.6 Å². The van der Waals surface area contributed by atoms with Crippen LogP contribution in [0.3, 0.4) is 0 Å². The summed E-state index contributed by atoms with van der Waals surface area (Å²) in [6, 6.07) is 8.57. The molecule has 26 heavy (non-hydrogen) atoms. The highest BCUT2D eigenvalue weighted by Crippen LogP contribution is 2.22. The van der Waals surface area contributed by atoms with Crippen molar-refractivity contribution in [3.05, 3.63) is 64.2 Å². The number of amides is 1. The summed E-state index contributed by atoms with van der Waals surface area (Å²) in [5.41, 5.74) is 1.31. The molecule has 0 saturated carbocycles. The van der Waals surface area contributed by atoms with Crippen molar-refractivity contribution in [2.45, 2.75) is 32.8 Å². The molecule has 7 heteroatoms. The molecule has 1 amide bonds. The first kappa shape index (κ1) is 19.8. The highest BCUT2D eigenvalue weighted by Gasteiger charge is 2.22. The summed E-state index contributed by atoms with van der Waals surface area (Å²) >= 11 is 5.72. The number of halogens is 3. The summed E-state index contributed by atoms with van der Waals surface area (Å²) in [5, 5.41) is 2.32. The zero-order valence-electron chi connectivity index (χ0n) is 14.5. The molecule has 0 spiro atoms. The summed E-state index contributed by atoms with van der Waals surface area (Å²) in [7, 11) is 0. The standard InChI is InChI=1S/C19H18ClF2NO3/c1-10(2)12-4-6-13(7-5-12)23-18(24)11(3)26-19(25)14-8-16(21)17(22)9-15(14)20/h4-11H,1-3H3,(H,23,24)/t11-/m1/s1. The number of carbonyl (C=O) groups excluding carboxylic acids is 2. The van der Waals surface area contributed by atoms with Gasteiger partial charge in [-0.3, -0.25) is 4.79 Å². The van der Waals surface area contributed by atoms with E-state index >= 15 is 0 Å². The Morgan fingerprint density at radius 3 is 2.19 bits per heavy atom. The molecule has 1 N–H and O–H groups in total. The fourth-order valence-corrected chi connectivity index (χ4v) is 2.38. The van der Waals surface area contributed by atoms with Gasteiger partial charge in [0.15, 0.2) is 17.7 Å². The maximum absolute atomic E-state index is 13.3. The van der Waals surface area contributed by atoms with Gasteiger partial charge in [-0.1, -0.05) is 37.6 Å². The van der Waals surface area contributed by atoms with Crippen LogP contribution in [0.1, 0.15) is 42.6 Å². The van der Waals surface area contributed by atoms with Gasteiger partial charge in [0.05, 0.1) is 10.6 Å². The van der Waals surface area contributed by atoms with Crippen molar-refractivity contribution in [1.82, 2.24) is 0 Å². The third-order valence-corrected chi connectivity index (χ3v) is 4.04. The first-order valence-electron chi connectivity index (χ1n) is 7.95. The van der Waals surface area contributed by atoms with Gasteiger partial charge in [-0.2, -0.15) is 0 Å².